The minimum atomic E-state index is 0.471. The third-order valence-electron chi connectivity index (χ3n) is 4.11. The van der Waals surface area contributed by atoms with Crippen LogP contribution in [0.25, 0.3) is 22.5 Å². The number of nitrogens with zero attached hydrogens (tertiary/aromatic N) is 2. The fourth-order valence-electron chi connectivity index (χ4n) is 3.01. The SMILES string of the molecule is COc1cc2c(cc1OC)-c1[nH]nc(-c3ccc(Cl)nc3)c1C2. The van der Waals surface area contributed by atoms with Gasteiger partial charge in [-0.25, -0.2) is 4.98 Å². The second-order valence-electron chi connectivity index (χ2n) is 5.34. The largest absolute Gasteiger partial charge is 0.493 e. The van der Waals surface area contributed by atoms with Crippen LogP contribution in [0.3, 0.4) is 0 Å². The standard InChI is InChI=1S/C17H14ClN3O2/c1-22-13-6-10-5-12-16(9-3-4-15(18)19-8-9)20-21-17(12)11(10)7-14(13)23-2/h3-4,6-8H,5H2,1-2H3,(H,20,21). The van der Waals surface area contributed by atoms with E-state index >= 15 is 0 Å². The van der Waals surface area contributed by atoms with Crippen molar-refractivity contribution in [2.45, 2.75) is 6.42 Å². The highest BCUT2D eigenvalue weighted by atomic mass is 35.5. The van der Waals surface area contributed by atoms with Crippen molar-refractivity contribution in [2.75, 3.05) is 14.2 Å². The topological polar surface area (TPSA) is 60.0 Å². The van der Waals surface area contributed by atoms with Crippen molar-refractivity contribution in [3.8, 4) is 34.0 Å². The van der Waals surface area contributed by atoms with Crippen LogP contribution in [0, 0.1) is 0 Å². The summed E-state index contributed by atoms with van der Waals surface area (Å²) in [6, 6.07) is 7.70. The molecule has 1 aliphatic carbocycles. The molecule has 1 aliphatic rings. The molecule has 2 heterocycles. The molecule has 0 radical (unpaired) electrons. The molecule has 4 rings (SSSR count). The van der Waals surface area contributed by atoms with Crippen molar-refractivity contribution in [3.05, 3.63) is 46.7 Å². The molecule has 0 atom stereocenters. The number of fused-ring (bicyclic) bond motifs is 3. The molecule has 0 saturated carbocycles. The van der Waals surface area contributed by atoms with E-state index in [9.17, 15) is 0 Å². The number of rotatable bonds is 3. The van der Waals surface area contributed by atoms with Crippen LogP contribution in [0.2, 0.25) is 5.15 Å². The summed E-state index contributed by atoms with van der Waals surface area (Å²) in [6.45, 7) is 0. The van der Waals surface area contributed by atoms with Crippen molar-refractivity contribution >= 4 is 11.6 Å². The van der Waals surface area contributed by atoms with Gasteiger partial charge < -0.3 is 9.47 Å². The van der Waals surface area contributed by atoms with Gasteiger partial charge in [-0.1, -0.05) is 11.6 Å². The molecule has 0 fully saturated rings. The Hall–Kier alpha value is -2.53. The van der Waals surface area contributed by atoms with E-state index < -0.39 is 0 Å². The molecule has 116 valence electrons. The van der Waals surface area contributed by atoms with Crippen LogP contribution in [-0.2, 0) is 6.42 Å². The lowest BCUT2D eigenvalue weighted by atomic mass is 10.1. The quantitative estimate of drug-likeness (QED) is 0.583. The zero-order valence-corrected chi connectivity index (χ0v) is 13.4. The molecule has 2 aromatic heterocycles. The van der Waals surface area contributed by atoms with Crippen molar-refractivity contribution in [2.24, 2.45) is 0 Å². The summed E-state index contributed by atoms with van der Waals surface area (Å²) in [6.07, 6.45) is 2.53. The second-order valence-corrected chi connectivity index (χ2v) is 5.72. The third-order valence-corrected chi connectivity index (χ3v) is 4.34. The Morgan fingerprint density at radius 2 is 1.91 bits per heavy atom. The minimum Gasteiger partial charge on any atom is -0.493 e. The van der Waals surface area contributed by atoms with Gasteiger partial charge in [-0.3, -0.25) is 5.10 Å². The van der Waals surface area contributed by atoms with Gasteiger partial charge in [-0.05, 0) is 29.8 Å². The summed E-state index contributed by atoms with van der Waals surface area (Å²) in [4.78, 5) is 4.14. The lowest BCUT2D eigenvalue weighted by molar-refractivity contribution is 0.355. The monoisotopic (exact) mass is 327 g/mol. The summed E-state index contributed by atoms with van der Waals surface area (Å²) < 4.78 is 10.8. The van der Waals surface area contributed by atoms with E-state index in [0.29, 0.717) is 10.9 Å². The molecule has 1 N–H and O–H groups in total. The van der Waals surface area contributed by atoms with E-state index in [1.165, 1.54) is 5.56 Å². The maximum Gasteiger partial charge on any atom is 0.161 e. The van der Waals surface area contributed by atoms with Crippen molar-refractivity contribution in [3.63, 3.8) is 0 Å². The Kier molecular flexibility index (Phi) is 3.23. The van der Waals surface area contributed by atoms with Gasteiger partial charge in [-0.15, -0.1) is 0 Å². The minimum absolute atomic E-state index is 0.471. The normalized spacial score (nSPS) is 12.0. The Balaban J connectivity index is 1.82. The number of H-pyrrole nitrogens is 1. The van der Waals surface area contributed by atoms with E-state index in [0.717, 1.165) is 40.2 Å². The fraction of sp³-hybridized carbons (Fsp3) is 0.176. The van der Waals surface area contributed by atoms with Crippen LogP contribution in [0.5, 0.6) is 11.5 Å². The summed E-state index contributed by atoms with van der Waals surface area (Å²) in [5.41, 5.74) is 6.30. The molecule has 5 nitrogen and oxygen atoms in total. The predicted octanol–water partition coefficient (Wildman–Crippen LogP) is 3.71. The molecule has 0 spiro atoms. The van der Waals surface area contributed by atoms with Crippen molar-refractivity contribution in [1.29, 1.82) is 0 Å². The number of methoxy groups -OCH3 is 2. The van der Waals surface area contributed by atoms with E-state index in [2.05, 4.69) is 15.2 Å². The highest BCUT2D eigenvalue weighted by molar-refractivity contribution is 6.29. The van der Waals surface area contributed by atoms with Gasteiger partial charge in [0.25, 0.3) is 0 Å². The smallest absolute Gasteiger partial charge is 0.161 e. The highest BCUT2D eigenvalue weighted by Crippen LogP contribution is 2.44. The molecule has 0 bridgehead atoms. The van der Waals surface area contributed by atoms with Crippen LogP contribution < -0.4 is 9.47 Å². The van der Waals surface area contributed by atoms with Gasteiger partial charge in [0.15, 0.2) is 11.5 Å². The van der Waals surface area contributed by atoms with Crippen LogP contribution in [0.15, 0.2) is 30.5 Å². The van der Waals surface area contributed by atoms with Crippen molar-refractivity contribution in [1.82, 2.24) is 15.2 Å². The van der Waals surface area contributed by atoms with Gasteiger partial charge >= 0.3 is 0 Å². The summed E-state index contributed by atoms with van der Waals surface area (Å²) in [5.74, 6) is 1.45. The number of halogens is 1. The third kappa shape index (κ3) is 2.16. The van der Waals surface area contributed by atoms with E-state index in [1.54, 1.807) is 26.5 Å². The second kappa shape index (κ2) is 5.28. The molecular weight excluding hydrogens is 314 g/mol. The first-order valence-electron chi connectivity index (χ1n) is 7.15. The molecule has 0 saturated heterocycles. The fourth-order valence-corrected chi connectivity index (χ4v) is 3.12. The summed E-state index contributed by atoms with van der Waals surface area (Å²) >= 11 is 5.86. The van der Waals surface area contributed by atoms with E-state index in [1.807, 2.05) is 18.2 Å². The molecule has 3 aromatic rings. The molecule has 6 heteroatoms. The molecular formula is C17H14ClN3O2. The molecule has 23 heavy (non-hydrogen) atoms. The number of ether oxygens (including phenoxy) is 2. The number of aromatic nitrogens is 3. The van der Waals surface area contributed by atoms with Crippen LogP contribution in [0.4, 0.5) is 0 Å². The molecule has 0 unspecified atom stereocenters. The zero-order valence-electron chi connectivity index (χ0n) is 12.7. The summed E-state index contributed by atoms with van der Waals surface area (Å²) in [7, 11) is 3.28. The first-order chi connectivity index (χ1) is 11.2. The van der Waals surface area contributed by atoms with Crippen LogP contribution in [-0.4, -0.2) is 29.4 Å². The number of benzene rings is 1. The number of hydrogen-bond donors (Lipinski definition) is 1. The summed E-state index contributed by atoms with van der Waals surface area (Å²) in [5, 5.41) is 8.06. The van der Waals surface area contributed by atoms with Gasteiger partial charge in [0.05, 0.1) is 25.6 Å². The van der Waals surface area contributed by atoms with Crippen LogP contribution >= 0.6 is 11.6 Å². The van der Waals surface area contributed by atoms with E-state index in [4.69, 9.17) is 21.1 Å². The predicted molar refractivity (Wildman–Crippen MR) is 88.2 cm³/mol. The average molecular weight is 328 g/mol. The zero-order chi connectivity index (χ0) is 16.0. The number of nitrogens with one attached hydrogen (secondary N) is 1. The first kappa shape index (κ1) is 14.1. The van der Waals surface area contributed by atoms with Crippen LogP contribution in [0.1, 0.15) is 11.1 Å². The lowest BCUT2D eigenvalue weighted by Crippen LogP contribution is -1.93. The van der Waals surface area contributed by atoms with Gasteiger partial charge in [0.2, 0.25) is 0 Å². The maximum absolute atomic E-state index is 5.86. The van der Waals surface area contributed by atoms with Crippen molar-refractivity contribution < 1.29 is 9.47 Å². The molecule has 1 aromatic carbocycles. The number of pyridine rings is 1. The lowest BCUT2D eigenvalue weighted by Gasteiger charge is -2.10. The maximum atomic E-state index is 5.86. The first-order valence-corrected chi connectivity index (χ1v) is 7.53. The Morgan fingerprint density at radius 1 is 1.13 bits per heavy atom. The Bertz CT molecular complexity index is 888. The van der Waals surface area contributed by atoms with Gasteiger partial charge in [0, 0.05) is 29.3 Å². The Labute approximate surface area is 138 Å². The average Bonchev–Trinajstić information content (AvgIpc) is 3.13. The number of hydrogen-bond acceptors (Lipinski definition) is 4. The molecule has 0 aliphatic heterocycles. The van der Waals surface area contributed by atoms with Gasteiger partial charge in [0.1, 0.15) is 5.15 Å². The van der Waals surface area contributed by atoms with Gasteiger partial charge in [-0.2, -0.15) is 5.10 Å². The van der Waals surface area contributed by atoms with E-state index in [-0.39, 0.29) is 0 Å². The Morgan fingerprint density at radius 3 is 2.61 bits per heavy atom. The highest BCUT2D eigenvalue weighted by Gasteiger charge is 2.27. The molecule has 0 amide bonds. The number of aromatic amines is 1.